The van der Waals surface area contributed by atoms with E-state index in [1.54, 1.807) is 36.4 Å². The fraction of sp³-hybridized carbons (Fsp3) is 0.150. The van der Waals surface area contributed by atoms with E-state index in [-0.39, 0.29) is 29.2 Å². The van der Waals surface area contributed by atoms with Gasteiger partial charge in [-0.15, -0.1) is 0 Å². The van der Waals surface area contributed by atoms with Crippen LogP contribution >= 0.6 is 0 Å². The summed E-state index contributed by atoms with van der Waals surface area (Å²) in [6.45, 7) is 0. The molecule has 0 aliphatic rings. The van der Waals surface area contributed by atoms with Gasteiger partial charge in [-0.3, -0.25) is 0 Å². The number of rotatable bonds is 7. The average Bonchev–Trinajstić information content (AvgIpc) is 2.63. The number of aromatic hydroxyl groups is 2. The fourth-order valence-corrected chi connectivity index (χ4v) is 2.31. The predicted octanol–water partition coefficient (Wildman–Crippen LogP) is 3.69. The number of allylic oxidation sites excluding steroid dienone is 1. The first-order valence-corrected chi connectivity index (χ1v) is 7.79. The van der Waals surface area contributed by atoms with Crippen LogP contribution in [0, 0.1) is 0 Å². The van der Waals surface area contributed by atoms with Crippen molar-refractivity contribution in [2.24, 2.45) is 0 Å². The summed E-state index contributed by atoms with van der Waals surface area (Å²) >= 11 is 0. The molecule has 0 heterocycles. The first kappa shape index (κ1) is 18.9. The minimum atomic E-state index is -1.04. The van der Waals surface area contributed by atoms with Crippen molar-refractivity contribution in [1.29, 1.82) is 0 Å². The Labute approximate surface area is 151 Å². The molecule has 3 N–H and O–H groups in total. The lowest BCUT2D eigenvalue weighted by atomic mass is 10.1. The molecule has 26 heavy (non-hydrogen) atoms. The van der Waals surface area contributed by atoms with Gasteiger partial charge in [-0.1, -0.05) is 24.3 Å². The third-order valence-corrected chi connectivity index (χ3v) is 3.67. The summed E-state index contributed by atoms with van der Waals surface area (Å²) in [7, 11) is 2.88. The van der Waals surface area contributed by atoms with Crippen LogP contribution in [0.4, 0.5) is 0 Å². The molecule has 2 aromatic carbocycles. The highest BCUT2D eigenvalue weighted by atomic mass is 16.5. The molecule has 0 radical (unpaired) electrons. The third kappa shape index (κ3) is 4.80. The van der Waals surface area contributed by atoms with Gasteiger partial charge in [0, 0.05) is 5.57 Å². The molecule has 0 saturated heterocycles. The van der Waals surface area contributed by atoms with E-state index in [4.69, 9.17) is 9.47 Å². The first-order valence-electron chi connectivity index (χ1n) is 7.79. The van der Waals surface area contributed by atoms with E-state index in [1.165, 1.54) is 32.4 Å². The number of methoxy groups -OCH3 is 2. The van der Waals surface area contributed by atoms with Crippen LogP contribution in [-0.2, 0) is 4.79 Å². The number of phenolic OH excluding ortho intramolecular Hbond substituents is 2. The van der Waals surface area contributed by atoms with Gasteiger partial charge < -0.3 is 24.8 Å². The van der Waals surface area contributed by atoms with Gasteiger partial charge in [0.15, 0.2) is 23.0 Å². The van der Waals surface area contributed by atoms with Crippen LogP contribution in [-0.4, -0.2) is 35.5 Å². The SMILES string of the molecule is COc1cc(C=CCC(=Cc2ccc(O)c(OC)c2)C(=O)O)ccc1O. The van der Waals surface area contributed by atoms with Crippen LogP contribution < -0.4 is 9.47 Å². The van der Waals surface area contributed by atoms with Crippen LogP contribution in [0.5, 0.6) is 23.0 Å². The highest BCUT2D eigenvalue weighted by molar-refractivity contribution is 5.92. The van der Waals surface area contributed by atoms with Crippen LogP contribution in [0.1, 0.15) is 17.5 Å². The monoisotopic (exact) mass is 356 g/mol. The fourth-order valence-electron chi connectivity index (χ4n) is 2.31. The Balaban J connectivity index is 2.19. The summed E-state index contributed by atoms with van der Waals surface area (Å²) in [5.74, 6) is -0.391. The van der Waals surface area contributed by atoms with Gasteiger partial charge in [-0.05, 0) is 47.9 Å². The van der Waals surface area contributed by atoms with Gasteiger partial charge in [-0.25, -0.2) is 4.79 Å². The molecule has 0 amide bonds. The molecule has 2 rings (SSSR count). The standard InChI is InChI=1S/C20H20O6/c1-25-18-11-13(6-8-16(18)21)4-3-5-15(20(23)24)10-14-7-9-17(22)19(12-14)26-2/h3-4,6-12,21-22H,5H2,1-2H3,(H,23,24). The molecule has 0 bridgehead atoms. The van der Waals surface area contributed by atoms with Gasteiger partial charge in [0.05, 0.1) is 14.2 Å². The zero-order valence-electron chi connectivity index (χ0n) is 14.5. The number of benzene rings is 2. The van der Waals surface area contributed by atoms with E-state index >= 15 is 0 Å². The van der Waals surface area contributed by atoms with Crippen LogP contribution in [0.15, 0.2) is 48.0 Å². The molecule has 0 unspecified atom stereocenters. The third-order valence-electron chi connectivity index (χ3n) is 3.67. The van der Waals surface area contributed by atoms with E-state index in [2.05, 4.69) is 0 Å². The Kier molecular flexibility index (Phi) is 6.27. The summed E-state index contributed by atoms with van der Waals surface area (Å²) in [5, 5.41) is 28.6. The molecule has 6 nitrogen and oxygen atoms in total. The maximum Gasteiger partial charge on any atom is 0.331 e. The Morgan fingerprint density at radius 1 is 0.962 bits per heavy atom. The van der Waals surface area contributed by atoms with Crippen molar-refractivity contribution in [3.05, 3.63) is 59.2 Å². The van der Waals surface area contributed by atoms with E-state index in [9.17, 15) is 20.1 Å². The molecule has 0 atom stereocenters. The van der Waals surface area contributed by atoms with Crippen LogP contribution in [0.2, 0.25) is 0 Å². The van der Waals surface area contributed by atoms with Gasteiger partial charge in [-0.2, -0.15) is 0 Å². The Bertz CT molecular complexity index is 851. The number of carboxylic acid groups (broad SMARTS) is 1. The molecular weight excluding hydrogens is 336 g/mol. The minimum Gasteiger partial charge on any atom is -0.504 e. The molecule has 0 spiro atoms. The maximum atomic E-state index is 11.5. The molecular formula is C20H20O6. The number of phenols is 2. The van der Waals surface area contributed by atoms with Gasteiger partial charge >= 0.3 is 5.97 Å². The first-order chi connectivity index (χ1) is 12.4. The van der Waals surface area contributed by atoms with Crippen molar-refractivity contribution in [2.75, 3.05) is 14.2 Å². The Hall–Kier alpha value is -3.41. The van der Waals surface area contributed by atoms with Crippen LogP contribution in [0.25, 0.3) is 12.2 Å². The van der Waals surface area contributed by atoms with Crippen molar-refractivity contribution in [3.8, 4) is 23.0 Å². The summed E-state index contributed by atoms with van der Waals surface area (Å²) in [5.41, 5.74) is 1.56. The molecule has 0 aromatic heterocycles. The Morgan fingerprint density at radius 2 is 1.50 bits per heavy atom. The zero-order valence-corrected chi connectivity index (χ0v) is 14.5. The van der Waals surface area contributed by atoms with Crippen molar-refractivity contribution < 1.29 is 29.6 Å². The highest BCUT2D eigenvalue weighted by Gasteiger charge is 2.08. The average molecular weight is 356 g/mol. The lowest BCUT2D eigenvalue weighted by molar-refractivity contribution is -0.132. The van der Waals surface area contributed by atoms with Crippen molar-refractivity contribution in [1.82, 2.24) is 0 Å². The summed E-state index contributed by atoms with van der Waals surface area (Å²) in [4.78, 5) is 11.5. The van der Waals surface area contributed by atoms with Gasteiger partial charge in [0.1, 0.15) is 0 Å². The number of hydrogen-bond donors (Lipinski definition) is 3. The quantitative estimate of drug-likeness (QED) is 0.655. The van der Waals surface area contributed by atoms with E-state index in [1.807, 2.05) is 0 Å². The molecule has 0 fully saturated rings. The second-order valence-corrected chi connectivity index (χ2v) is 5.44. The number of carbonyl (C=O) groups is 1. The number of aliphatic carboxylic acids is 1. The lowest BCUT2D eigenvalue weighted by Gasteiger charge is -2.05. The van der Waals surface area contributed by atoms with Crippen LogP contribution in [0.3, 0.4) is 0 Å². The summed E-state index contributed by atoms with van der Waals surface area (Å²) in [6, 6.07) is 9.48. The normalized spacial score (nSPS) is 11.5. The Morgan fingerprint density at radius 3 is 2.04 bits per heavy atom. The molecule has 0 aliphatic heterocycles. The second-order valence-electron chi connectivity index (χ2n) is 5.44. The van der Waals surface area contributed by atoms with E-state index in [0.29, 0.717) is 11.3 Å². The predicted molar refractivity (Wildman–Crippen MR) is 98.6 cm³/mol. The molecule has 0 aliphatic carbocycles. The zero-order chi connectivity index (χ0) is 19.1. The maximum absolute atomic E-state index is 11.5. The largest absolute Gasteiger partial charge is 0.504 e. The number of carboxylic acids is 1. The van der Waals surface area contributed by atoms with Crippen molar-refractivity contribution in [2.45, 2.75) is 6.42 Å². The highest BCUT2D eigenvalue weighted by Crippen LogP contribution is 2.28. The van der Waals surface area contributed by atoms with Gasteiger partial charge in [0.2, 0.25) is 0 Å². The number of hydrogen-bond acceptors (Lipinski definition) is 5. The van der Waals surface area contributed by atoms with Crippen molar-refractivity contribution in [3.63, 3.8) is 0 Å². The molecule has 136 valence electrons. The second kappa shape index (κ2) is 8.62. The summed E-state index contributed by atoms with van der Waals surface area (Å²) < 4.78 is 10.1. The minimum absolute atomic E-state index is 0.0114. The summed E-state index contributed by atoms with van der Waals surface area (Å²) in [6.07, 6.45) is 5.17. The lowest BCUT2D eigenvalue weighted by Crippen LogP contribution is -1.99. The van der Waals surface area contributed by atoms with Crippen molar-refractivity contribution >= 4 is 18.1 Å². The molecule has 0 saturated carbocycles. The topological polar surface area (TPSA) is 96.2 Å². The van der Waals surface area contributed by atoms with E-state index in [0.717, 1.165) is 5.56 Å². The molecule has 2 aromatic rings. The smallest absolute Gasteiger partial charge is 0.331 e. The molecule has 6 heteroatoms. The van der Waals surface area contributed by atoms with Gasteiger partial charge in [0.25, 0.3) is 0 Å². The van der Waals surface area contributed by atoms with E-state index < -0.39 is 5.97 Å². The number of ether oxygens (including phenoxy) is 2.